The molecule has 0 saturated carbocycles. The van der Waals surface area contributed by atoms with E-state index in [2.05, 4.69) is 0 Å². The monoisotopic (exact) mass is 242 g/mol. The van der Waals surface area contributed by atoms with Crippen LogP contribution in [0.15, 0.2) is 0 Å². The van der Waals surface area contributed by atoms with E-state index >= 15 is 0 Å². The summed E-state index contributed by atoms with van der Waals surface area (Å²) < 4.78 is 0. The van der Waals surface area contributed by atoms with Crippen molar-refractivity contribution < 1.29 is 77.4 Å². The second kappa shape index (κ2) is 8.40. The van der Waals surface area contributed by atoms with Crippen LogP contribution < -0.4 is 51.4 Å². The van der Waals surface area contributed by atoms with Gasteiger partial charge in [0, 0.05) is 5.92 Å². The number of carbonyl (C=O) groups is 3. The molecule has 5 nitrogen and oxygen atoms in total. The normalized spacial score (nSPS) is 11.7. The van der Waals surface area contributed by atoms with Gasteiger partial charge in [-0.1, -0.05) is 13.8 Å². The van der Waals surface area contributed by atoms with Crippen LogP contribution in [-0.4, -0.2) is 27.9 Å². The summed E-state index contributed by atoms with van der Waals surface area (Å²) in [5.41, 5.74) is 0. The zero-order valence-electron chi connectivity index (χ0n) is 10.2. The van der Waals surface area contributed by atoms with Gasteiger partial charge in [0.25, 0.3) is 0 Å². The Balaban J connectivity index is -0.000000845. The van der Waals surface area contributed by atoms with Crippen molar-refractivity contribution in [1.29, 1.82) is 0 Å². The fourth-order valence-electron chi connectivity index (χ4n) is 1.24. The summed E-state index contributed by atoms with van der Waals surface area (Å²) in [7, 11) is 0. The Hall–Kier alpha value is 0.246. The van der Waals surface area contributed by atoms with Crippen LogP contribution in [0.25, 0.3) is 0 Å². The molecule has 0 amide bonds. The second-order valence-corrected chi connectivity index (χ2v) is 3.59. The summed E-state index contributed by atoms with van der Waals surface area (Å²) in [4.78, 5) is 31.8. The fourth-order valence-corrected chi connectivity index (χ4v) is 1.24. The first-order valence-electron chi connectivity index (χ1n) is 4.33. The molecule has 0 aliphatic carbocycles. The van der Waals surface area contributed by atoms with Crippen LogP contribution >= 0.6 is 0 Å². The van der Waals surface area contributed by atoms with E-state index in [9.17, 15) is 14.4 Å². The Morgan fingerprint density at radius 3 is 1.93 bits per heavy atom. The summed E-state index contributed by atoms with van der Waals surface area (Å²) >= 11 is 0. The van der Waals surface area contributed by atoms with Gasteiger partial charge < -0.3 is 11.6 Å². The maximum absolute atomic E-state index is 11.1. The number of rotatable bonds is 6. The van der Waals surface area contributed by atoms with Crippen molar-refractivity contribution in [2.45, 2.75) is 26.7 Å². The molecule has 15 heavy (non-hydrogen) atoms. The molecule has 1 unspecified atom stereocenters. The van der Waals surface area contributed by atoms with Gasteiger partial charge in [0.15, 0.2) is 0 Å². The van der Waals surface area contributed by atoms with Crippen LogP contribution in [0.1, 0.15) is 28.1 Å². The van der Waals surface area contributed by atoms with E-state index in [-0.39, 0.29) is 65.1 Å². The molecule has 0 rings (SSSR count). The van der Waals surface area contributed by atoms with E-state index in [1.165, 1.54) is 0 Å². The van der Waals surface area contributed by atoms with Gasteiger partial charge in [-0.25, -0.2) is 4.79 Å². The van der Waals surface area contributed by atoms with Crippen molar-refractivity contribution in [3.8, 4) is 0 Å². The average molecular weight is 242 g/mol. The number of ketones is 1. The molecule has 0 aromatic heterocycles. The molecule has 0 spiro atoms. The molecule has 0 heterocycles. The quantitative estimate of drug-likeness (QED) is 0.411. The first-order valence-corrected chi connectivity index (χ1v) is 4.33. The molecule has 0 aromatic carbocycles. The van der Waals surface area contributed by atoms with Gasteiger partial charge >= 0.3 is 63.3 Å². The van der Waals surface area contributed by atoms with Gasteiger partial charge in [0.2, 0.25) is 5.78 Å². The molecular weight excluding hydrogens is 227 g/mol. The largest absolute Gasteiger partial charge is 1.00 e. The van der Waals surface area contributed by atoms with Crippen LogP contribution in [0.3, 0.4) is 0 Å². The van der Waals surface area contributed by atoms with Crippen LogP contribution in [0.2, 0.25) is 0 Å². The Bertz CT molecular complexity index is 254. The zero-order valence-corrected chi connectivity index (χ0v) is 12.3. The number of hydrogen-bond donors (Lipinski definition) is 2. The first kappa shape index (κ1) is 17.6. The molecular formula is C9H15KO5. The summed E-state index contributed by atoms with van der Waals surface area (Å²) in [5, 5.41) is 16.9. The molecule has 0 saturated heterocycles. The van der Waals surface area contributed by atoms with E-state index in [0.29, 0.717) is 0 Å². The van der Waals surface area contributed by atoms with Crippen molar-refractivity contribution in [3.63, 3.8) is 0 Å². The minimum absolute atomic E-state index is 0. The van der Waals surface area contributed by atoms with Crippen molar-refractivity contribution in [3.05, 3.63) is 0 Å². The Morgan fingerprint density at radius 1 is 1.20 bits per heavy atom. The predicted octanol–water partition coefficient (Wildman–Crippen LogP) is -2.11. The van der Waals surface area contributed by atoms with Gasteiger partial charge in [0.05, 0.1) is 6.42 Å². The van der Waals surface area contributed by atoms with Gasteiger partial charge in [-0.2, -0.15) is 0 Å². The van der Waals surface area contributed by atoms with Crippen LogP contribution in [0.4, 0.5) is 0 Å². The number of hydrogen-bond acceptors (Lipinski definition) is 3. The molecule has 0 radical (unpaired) electrons. The Labute approximate surface area is 132 Å². The van der Waals surface area contributed by atoms with Gasteiger partial charge in [-0.15, -0.1) is 0 Å². The summed E-state index contributed by atoms with van der Waals surface area (Å²) in [6.07, 6.45) is -0.124. The maximum atomic E-state index is 11.1. The average Bonchev–Trinajstić information content (AvgIpc) is 1.99. The van der Waals surface area contributed by atoms with Crippen molar-refractivity contribution in [2.75, 3.05) is 0 Å². The third kappa shape index (κ3) is 8.09. The summed E-state index contributed by atoms with van der Waals surface area (Å²) in [5.74, 6) is -4.53. The molecule has 0 aromatic rings. The van der Waals surface area contributed by atoms with Crippen molar-refractivity contribution in [1.82, 2.24) is 0 Å². The molecule has 6 heteroatoms. The second-order valence-electron chi connectivity index (χ2n) is 3.59. The van der Waals surface area contributed by atoms with Gasteiger partial charge in [0.1, 0.15) is 0 Å². The third-order valence-electron chi connectivity index (χ3n) is 1.76. The first-order chi connectivity index (χ1) is 6.34. The van der Waals surface area contributed by atoms with E-state index in [1.807, 2.05) is 13.8 Å². The topological polar surface area (TPSA) is 91.7 Å². The SMILES string of the molecule is CC(C)CC(CC(=O)O)C(=O)C(=O)O.[H-].[K+]. The fraction of sp³-hybridized carbons (Fsp3) is 0.667. The van der Waals surface area contributed by atoms with Gasteiger partial charge in [-0.3, -0.25) is 9.59 Å². The van der Waals surface area contributed by atoms with Crippen LogP contribution in [0.5, 0.6) is 0 Å². The molecule has 1 atom stereocenters. The minimum atomic E-state index is -1.56. The van der Waals surface area contributed by atoms with E-state index < -0.39 is 30.1 Å². The minimum Gasteiger partial charge on any atom is -1.00 e. The third-order valence-corrected chi connectivity index (χ3v) is 1.76. The number of carboxylic acids is 2. The van der Waals surface area contributed by atoms with Crippen molar-refractivity contribution in [2.24, 2.45) is 11.8 Å². The summed E-state index contributed by atoms with van der Waals surface area (Å²) in [6, 6.07) is 0. The smallest absolute Gasteiger partial charge is 1.00 e. The van der Waals surface area contributed by atoms with Crippen molar-refractivity contribution >= 4 is 17.7 Å². The van der Waals surface area contributed by atoms with Crippen LogP contribution in [-0.2, 0) is 14.4 Å². The maximum Gasteiger partial charge on any atom is 1.00 e. The number of Topliss-reactive ketones (excluding diaryl/α,β-unsaturated/α-hetero) is 1. The molecule has 2 N–H and O–H groups in total. The Kier molecular flexibility index (Phi) is 9.88. The van der Waals surface area contributed by atoms with Gasteiger partial charge in [-0.05, 0) is 12.3 Å². The molecule has 0 aliphatic rings. The number of carbonyl (C=O) groups excluding carboxylic acids is 1. The number of carboxylic acid groups (broad SMARTS) is 2. The van der Waals surface area contributed by atoms with E-state index in [4.69, 9.17) is 10.2 Å². The molecule has 0 aliphatic heterocycles. The van der Waals surface area contributed by atoms with E-state index in [0.717, 1.165) is 0 Å². The molecule has 82 valence electrons. The zero-order chi connectivity index (χ0) is 11.3. The molecule has 0 fully saturated rings. The number of aliphatic carboxylic acids is 2. The van der Waals surface area contributed by atoms with E-state index in [1.54, 1.807) is 0 Å². The Morgan fingerprint density at radius 2 is 1.67 bits per heavy atom. The summed E-state index contributed by atoms with van der Waals surface area (Å²) in [6.45, 7) is 3.62. The molecule has 0 bridgehead atoms. The predicted molar refractivity (Wildman–Crippen MR) is 49.0 cm³/mol. The van der Waals surface area contributed by atoms with Crippen LogP contribution in [0, 0.1) is 11.8 Å². The standard InChI is InChI=1S/C9H14O5.K.H/c1-5(2)3-6(4-7(10)11)8(12)9(13)14;;/h5-6H,3-4H2,1-2H3,(H,10,11)(H,13,14);;/q;+1;-1.